The van der Waals surface area contributed by atoms with Crippen molar-refractivity contribution in [3.05, 3.63) is 426 Å². The molecule has 0 N–H and O–H groups in total. The van der Waals surface area contributed by atoms with Crippen molar-refractivity contribution in [2.24, 2.45) is 47.7 Å². The minimum absolute atomic E-state index is 0.235. The van der Waals surface area contributed by atoms with E-state index in [1.807, 2.05) is 180 Å². The standard InChI is InChI=1S/C25H27N2.C24H25N2.C24H27N2.C23H25N2.C21H21N2.C20H19N2/c1-17-10-11-20-21-9-6-13-26-23(21)16-22(20)25(17)24-15-19(12-14-27(24)2)18-7-4-3-5-8-18;1-16-9-10-19-20-8-5-12-25-22(20)15-21(19)24(16)23-14-18(11-13-26(23)2)17-6-3-4-7-17;1-16-8-9-18-19-7-6-11-25-21(19)14-20(18)23(16)22-13-17(10-12-26(22)5)15-24(2,3)4;1-14(2)19-12-22(25(5)13-16(19)4)23-15(3)8-9-17-18-7-6-10-24-21(18)11-20(17)23;1-13-7-8-16-17-6-5-9-22-19(17)11-18(16)21(13)20-10-14(2)15(3)12-23(20)4;1-13-6-9-19(22(3)12-13)20-14(2)7-8-15-16-5-4-10-21-18(16)11-17(15)20/h6,9-15,18H,3-5,7-8,16H2,1-2H3;5,8-14,17H,3-4,6-7,15H2,1-2H3;6-13H,14-15H2,1-5H3;6-10,12-14H,11H2,1-5H3;5-10,12H,11H2,1-4H3;4-10,12H,11H2,1-3H3/q6*+1/i18D;17D;15D2;4D3,14D;3D3;1D3. The highest BCUT2D eigenvalue weighted by molar-refractivity contribution is 5.90. The van der Waals surface area contributed by atoms with Gasteiger partial charge < -0.3 is 0 Å². The fourth-order valence-corrected chi connectivity index (χ4v) is 24.2. The van der Waals surface area contributed by atoms with Crippen LogP contribution in [0.25, 0.3) is 134 Å². The molecule has 149 heavy (non-hydrogen) atoms. The van der Waals surface area contributed by atoms with E-state index in [-0.39, 0.29) is 5.56 Å². The van der Waals surface area contributed by atoms with Gasteiger partial charge in [-0.3, -0.25) is 29.9 Å². The third-order valence-corrected chi connectivity index (χ3v) is 31.7. The fourth-order valence-electron chi connectivity index (χ4n) is 24.2. The SMILES string of the molecule is [2H]C([2H])([2H])c1c[n+](C)c(-c2c(C)ccc3c2Cc2ncccc2-3)cc1C.[2H]C([2H])([2H])c1c[n+](C)c(-c2c(C)ccc3c2Cc2ncccc2-3)cc1C([2H])(C)C.[2H]C([2H])([2H])c1ccc(-c2c(C)ccc3c2Cc2ncccc2-3)[n+](C)c1.[2H]C([2H])(c1cc[n+](C)c(-c2c(C)ccc3c2Cc2ncccc2-3)c1)C(C)(C)C.[2H]C1(c2cc[n+](C)c(-c3c(C)ccc4c3Cc3ncccc3-4)c2)CCCC1.[2H]C1(c2cc[n+](C)c(-c3c(C)ccc4c3Cc3ncccc3-4)c2)CCCCC1. The molecule has 746 valence electrons. The molecule has 12 heteroatoms. The molecule has 0 spiro atoms. The highest BCUT2D eigenvalue weighted by Crippen LogP contribution is 2.51. The first-order chi connectivity index (χ1) is 77.4. The largest absolute Gasteiger partial charge is 0.260 e. The zero-order chi connectivity index (χ0) is 116. The Bertz CT molecular complexity index is 9000. The summed E-state index contributed by atoms with van der Waals surface area (Å²) in [6.07, 6.45) is 35.9. The van der Waals surface area contributed by atoms with E-state index in [4.69, 9.17) is 19.2 Å². The molecule has 26 rings (SSSR count). The first-order valence-corrected chi connectivity index (χ1v) is 52.8. The summed E-state index contributed by atoms with van der Waals surface area (Å²) in [6, 6.07) is 71.3. The smallest absolute Gasteiger partial charge is 0.213 e. The Morgan fingerprint density at radius 3 is 0.913 bits per heavy atom. The summed E-state index contributed by atoms with van der Waals surface area (Å²) in [5.41, 5.74) is 55.3. The van der Waals surface area contributed by atoms with Crippen molar-refractivity contribution in [3.8, 4) is 134 Å². The van der Waals surface area contributed by atoms with Crippen molar-refractivity contribution in [2.75, 3.05) is 0 Å². The molecule has 0 bridgehead atoms. The lowest BCUT2D eigenvalue weighted by Crippen LogP contribution is -2.32. The van der Waals surface area contributed by atoms with E-state index in [1.165, 1.54) is 216 Å². The zero-order valence-corrected chi connectivity index (χ0v) is 89.5. The van der Waals surface area contributed by atoms with Crippen LogP contribution in [0.4, 0.5) is 0 Å². The number of aryl methyl sites for hydroxylation is 16. The molecular weight excluding hydrogens is 1810 g/mol. The van der Waals surface area contributed by atoms with Crippen LogP contribution in [-0.4, -0.2) is 29.9 Å². The third kappa shape index (κ3) is 19.7. The Morgan fingerprint density at radius 2 is 0.597 bits per heavy atom. The highest BCUT2D eigenvalue weighted by Gasteiger charge is 2.37. The lowest BCUT2D eigenvalue weighted by Gasteiger charge is -2.22. The topological polar surface area (TPSA) is 101 Å². The summed E-state index contributed by atoms with van der Waals surface area (Å²) < 4.78 is 126. The average Bonchev–Trinajstić information content (AvgIpc) is 1.63. The molecule has 6 aromatic carbocycles. The van der Waals surface area contributed by atoms with Crippen molar-refractivity contribution in [1.29, 1.82) is 0 Å². The Kier molecular flexibility index (Phi) is 23.5. The molecule has 0 atom stereocenters. The molecule has 0 aliphatic heterocycles. The van der Waals surface area contributed by atoms with E-state index in [0.29, 0.717) is 16.7 Å². The molecule has 8 aliphatic carbocycles. The van der Waals surface area contributed by atoms with Gasteiger partial charge in [0.25, 0.3) is 0 Å². The number of pyridine rings is 12. The number of hydrogen-bond donors (Lipinski definition) is 0. The van der Waals surface area contributed by atoms with E-state index in [1.54, 1.807) is 38.5 Å². The Morgan fingerprint density at radius 1 is 0.302 bits per heavy atom. The molecule has 12 heterocycles. The molecule has 0 saturated heterocycles. The molecule has 2 fully saturated rings. The average molecular weight is 1970 g/mol. The highest BCUT2D eigenvalue weighted by atomic mass is 15.0. The monoisotopic (exact) mass is 1970 g/mol. The van der Waals surface area contributed by atoms with Crippen LogP contribution in [0.2, 0.25) is 0 Å². The fraction of sp³-hybridized carbons (Fsp3) is 0.299. The summed E-state index contributed by atoms with van der Waals surface area (Å²) in [6.45, 7) is 17.6. The van der Waals surface area contributed by atoms with Gasteiger partial charge in [-0.05, 0) is 295 Å². The van der Waals surface area contributed by atoms with Gasteiger partial charge in [0, 0.05) is 200 Å². The van der Waals surface area contributed by atoms with E-state index >= 15 is 0 Å². The summed E-state index contributed by atoms with van der Waals surface area (Å²) in [7, 11) is 12.0. The maximum absolute atomic E-state index is 9.08. The van der Waals surface area contributed by atoms with Crippen LogP contribution in [0.5, 0.6) is 0 Å². The predicted molar refractivity (Wildman–Crippen MR) is 606 cm³/mol. The molecule has 0 unspecified atom stereocenters. The van der Waals surface area contributed by atoms with Crippen molar-refractivity contribution in [1.82, 2.24) is 29.9 Å². The molecule has 0 amide bonds. The summed E-state index contributed by atoms with van der Waals surface area (Å²) in [4.78, 5) is 27.4. The normalized spacial score (nSPS) is 15.9. The molecule has 8 aliphatic rings. The summed E-state index contributed by atoms with van der Waals surface area (Å²) in [5, 5.41) is 0. The van der Waals surface area contributed by atoms with Gasteiger partial charge in [-0.25, -0.2) is 27.4 Å². The van der Waals surface area contributed by atoms with Gasteiger partial charge in [-0.1, -0.05) is 176 Å². The van der Waals surface area contributed by atoms with E-state index in [2.05, 4.69) is 245 Å². The number of benzene rings is 6. The van der Waals surface area contributed by atoms with Crippen LogP contribution < -0.4 is 27.4 Å². The Labute approximate surface area is 903 Å². The molecule has 12 aromatic heterocycles. The Hall–Kier alpha value is -14.9. The van der Waals surface area contributed by atoms with Crippen LogP contribution in [0, 0.1) is 74.4 Å². The second-order valence-electron chi connectivity index (χ2n) is 43.2. The molecular formula is C137H144N12+6. The van der Waals surface area contributed by atoms with Crippen LogP contribution in [0.1, 0.15) is 275 Å². The summed E-state index contributed by atoms with van der Waals surface area (Å²) >= 11 is 0. The third-order valence-electron chi connectivity index (χ3n) is 31.7. The number of fused-ring (bicyclic) bond motifs is 18. The lowest BCUT2D eigenvalue weighted by atomic mass is 9.83. The maximum atomic E-state index is 9.08. The van der Waals surface area contributed by atoms with Crippen molar-refractivity contribution in [2.45, 2.75) is 224 Å². The van der Waals surface area contributed by atoms with Crippen molar-refractivity contribution in [3.63, 3.8) is 0 Å². The molecule has 0 radical (unpaired) electrons. The molecule has 12 nitrogen and oxygen atoms in total. The van der Waals surface area contributed by atoms with E-state index < -0.39 is 50.0 Å². The second kappa shape index (κ2) is 41.7. The zero-order valence-electron chi connectivity index (χ0n) is 104. The van der Waals surface area contributed by atoms with Crippen LogP contribution in [0.3, 0.4) is 0 Å². The van der Waals surface area contributed by atoms with Gasteiger partial charge >= 0.3 is 0 Å². The number of rotatable bonds is 10. The lowest BCUT2D eigenvalue weighted by molar-refractivity contribution is -0.661. The van der Waals surface area contributed by atoms with Crippen molar-refractivity contribution < 1.29 is 46.6 Å². The van der Waals surface area contributed by atoms with Gasteiger partial charge in [-0.2, -0.15) is 0 Å². The van der Waals surface area contributed by atoms with E-state index in [9.17, 15) is 0 Å². The van der Waals surface area contributed by atoms with Crippen molar-refractivity contribution >= 4 is 0 Å². The maximum Gasteiger partial charge on any atom is 0.213 e. The second-order valence-corrected chi connectivity index (χ2v) is 43.2. The first kappa shape index (κ1) is 84.1. The number of nitrogens with zero attached hydrogens (tertiary/aromatic N) is 12. The van der Waals surface area contributed by atoms with Gasteiger partial charge in [0.15, 0.2) is 37.2 Å². The quantitative estimate of drug-likeness (QED) is 0.126. The summed E-state index contributed by atoms with van der Waals surface area (Å²) in [5.74, 6) is -1.87. The number of hydrogen-bond acceptors (Lipinski definition) is 6. The predicted octanol–water partition coefficient (Wildman–Crippen LogP) is 28.4. The minimum atomic E-state index is -2.27. The van der Waals surface area contributed by atoms with Crippen LogP contribution >= 0.6 is 0 Å². The van der Waals surface area contributed by atoms with Crippen LogP contribution in [0.15, 0.2) is 281 Å². The molecule has 2 saturated carbocycles. The Balaban J connectivity index is 0.000000112. The minimum Gasteiger partial charge on any atom is -0.260 e. The van der Waals surface area contributed by atoms with Gasteiger partial charge in [0.05, 0.1) is 67.5 Å². The van der Waals surface area contributed by atoms with Gasteiger partial charge in [0.2, 0.25) is 34.2 Å². The van der Waals surface area contributed by atoms with Gasteiger partial charge in [-0.15, -0.1) is 0 Å². The molecule has 18 aromatic rings. The number of aromatic nitrogens is 12. The van der Waals surface area contributed by atoms with E-state index in [0.717, 1.165) is 138 Å². The van der Waals surface area contributed by atoms with Gasteiger partial charge in [0.1, 0.15) is 42.3 Å². The first-order valence-electron chi connectivity index (χ1n) is 59.8. The van der Waals surface area contributed by atoms with Crippen LogP contribution in [-0.2, 0) is 87.2 Å².